The van der Waals surface area contributed by atoms with Gasteiger partial charge in [0.2, 0.25) is 0 Å². The van der Waals surface area contributed by atoms with Crippen LogP contribution in [-0.4, -0.2) is 43.0 Å². The lowest BCUT2D eigenvalue weighted by Crippen LogP contribution is -2.41. The van der Waals surface area contributed by atoms with Crippen LogP contribution >= 0.6 is 11.8 Å². The van der Waals surface area contributed by atoms with Gasteiger partial charge >= 0.3 is 5.97 Å². The minimum Gasteiger partial charge on any atom is -0.480 e. The molecule has 0 aliphatic rings. The Bertz CT molecular complexity index is 495. The highest BCUT2D eigenvalue weighted by molar-refractivity contribution is 7.98. The molecule has 1 aromatic rings. The first-order valence-electron chi connectivity index (χ1n) is 5.85. The van der Waals surface area contributed by atoms with Gasteiger partial charge in [0, 0.05) is 30.6 Å². The van der Waals surface area contributed by atoms with E-state index in [4.69, 9.17) is 9.84 Å². The summed E-state index contributed by atoms with van der Waals surface area (Å²) in [6.07, 6.45) is 1.85. The fraction of sp³-hybridized carbons (Fsp3) is 0.385. The molecule has 0 spiro atoms. The number of thioether (sulfide) groups is 1. The van der Waals surface area contributed by atoms with Gasteiger partial charge in [-0.1, -0.05) is 0 Å². The number of aliphatic carboxylic acids is 1. The molecular weight excluding hydrogens is 285 g/mol. The van der Waals surface area contributed by atoms with Crippen molar-refractivity contribution in [2.24, 2.45) is 0 Å². The van der Waals surface area contributed by atoms with Gasteiger partial charge in [-0.25, -0.2) is 9.18 Å². The van der Waals surface area contributed by atoms with Gasteiger partial charge in [0.1, 0.15) is 11.9 Å². The number of carbonyl (C=O) groups is 2. The number of hydrogen-bond acceptors (Lipinski definition) is 4. The van der Waals surface area contributed by atoms with Crippen molar-refractivity contribution in [1.82, 2.24) is 5.32 Å². The van der Waals surface area contributed by atoms with Crippen LogP contribution < -0.4 is 5.32 Å². The van der Waals surface area contributed by atoms with Crippen molar-refractivity contribution in [2.45, 2.75) is 17.4 Å². The number of halogens is 1. The zero-order valence-electron chi connectivity index (χ0n) is 11.2. The van der Waals surface area contributed by atoms with Crippen LogP contribution in [0.1, 0.15) is 16.8 Å². The third-order valence-electron chi connectivity index (χ3n) is 2.63. The zero-order chi connectivity index (χ0) is 15.1. The van der Waals surface area contributed by atoms with Crippen LogP contribution in [0.4, 0.5) is 4.39 Å². The SMILES string of the molecule is COCCC(NC(=O)c1ccc(F)c(SC)c1)C(=O)O. The number of amides is 1. The van der Waals surface area contributed by atoms with Crippen LogP contribution in [0.25, 0.3) is 0 Å². The minimum atomic E-state index is -1.14. The van der Waals surface area contributed by atoms with Gasteiger partial charge in [-0.3, -0.25) is 4.79 Å². The molecule has 0 saturated carbocycles. The lowest BCUT2D eigenvalue weighted by Gasteiger charge is -2.14. The highest BCUT2D eigenvalue weighted by Crippen LogP contribution is 2.20. The molecule has 0 heterocycles. The van der Waals surface area contributed by atoms with Crippen molar-refractivity contribution in [1.29, 1.82) is 0 Å². The molecule has 1 atom stereocenters. The Kier molecular flexibility index (Phi) is 6.47. The summed E-state index contributed by atoms with van der Waals surface area (Å²) in [6.45, 7) is 0.219. The topological polar surface area (TPSA) is 75.6 Å². The maximum atomic E-state index is 13.3. The first-order chi connectivity index (χ1) is 9.49. The standard InChI is InChI=1S/C13H16FNO4S/c1-19-6-5-10(13(17)18)15-12(16)8-3-4-9(14)11(7-8)20-2/h3-4,7,10H,5-6H2,1-2H3,(H,15,16)(H,17,18). The molecule has 1 rings (SSSR count). The lowest BCUT2D eigenvalue weighted by molar-refractivity contribution is -0.139. The predicted octanol–water partition coefficient (Wildman–Crippen LogP) is 1.77. The lowest BCUT2D eigenvalue weighted by atomic mass is 10.1. The smallest absolute Gasteiger partial charge is 0.326 e. The first-order valence-corrected chi connectivity index (χ1v) is 7.08. The molecule has 110 valence electrons. The van der Waals surface area contributed by atoms with E-state index in [0.29, 0.717) is 4.90 Å². The molecule has 5 nitrogen and oxygen atoms in total. The Morgan fingerprint density at radius 3 is 2.75 bits per heavy atom. The molecule has 0 saturated heterocycles. The van der Waals surface area contributed by atoms with Crippen LogP contribution in [-0.2, 0) is 9.53 Å². The third kappa shape index (κ3) is 4.50. The second-order valence-electron chi connectivity index (χ2n) is 4.00. The molecule has 0 bridgehead atoms. The molecule has 0 aromatic heterocycles. The van der Waals surface area contributed by atoms with E-state index >= 15 is 0 Å². The Hall–Kier alpha value is -1.60. The van der Waals surface area contributed by atoms with E-state index in [9.17, 15) is 14.0 Å². The van der Waals surface area contributed by atoms with Gasteiger partial charge in [0.05, 0.1) is 0 Å². The summed E-state index contributed by atoms with van der Waals surface area (Å²) >= 11 is 1.17. The fourth-order valence-electron chi connectivity index (χ4n) is 1.54. The van der Waals surface area contributed by atoms with Crippen LogP contribution in [0.3, 0.4) is 0 Å². The summed E-state index contributed by atoms with van der Waals surface area (Å²) in [6, 6.07) is 2.86. The highest BCUT2D eigenvalue weighted by Gasteiger charge is 2.20. The van der Waals surface area contributed by atoms with Crippen molar-refractivity contribution >= 4 is 23.6 Å². The van der Waals surface area contributed by atoms with Crippen molar-refractivity contribution in [3.05, 3.63) is 29.6 Å². The van der Waals surface area contributed by atoms with Gasteiger partial charge < -0.3 is 15.2 Å². The normalized spacial score (nSPS) is 11.9. The molecule has 1 aromatic carbocycles. The summed E-state index contributed by atoms with van der Waals surface area (Å²) < 4.78 is 18.1. The zero-order valence-corrected chi connectivity index (χ0v) is 12.0. The van der Waals surface area contributed by atoms with Crippen molar-refractivity contribution < 1.29 is 23.8 Å². The molecule has 7 heteroatoms. The maximum absolute atomic E-state index is 13.3. The number of ether oxygens (including phenoxy) is 1. The van der Waals surface area contributed by atoms with Crippen LogP contribution in [0.5, 0.6) is 0 Å². The number of carboxylic acids is 1. The van der Waals surface area contributed by atoms with Gasteiger partial charge in [0.15, 0.2) is 0 Å². The van der Waals surface area contributed by atoms with E-state index in [-0.39, 0.29) is 18.6 Å². The van der Waals surface area contributed by atoms with Crippen LogP contribution in [0.15, 0.2) is 23.1 Å². The molecular formula is C13H16FNO4S. The Balaban J connectivity index is 2.80. The van der Waals surface area contributed by atoms with Crippen molar-refractivity contribution in [2.75, 3.05) is 20.0 Å². The highest BCUT2D eigenvalue weighted by atomic mass is 32.2. The Morgan fingerprint density at radius 1 is 1.50 bits per heavy atom. The average Bonchev–Trinajstić information content (AvgIpc) is 2.43. The van der Waals surface area contributed by atoms with E-state index in [1.807, 2.05) is 0 Å². The summed E-state index contributed by atoms with van der Waals surface area (Å²) in [7, 11) is 1.45. The molecule has 1 unspecified atom stereocenters. The molecule has 0 fully saturated rings. The number of rotatable bonds is 7. The number of benzene rings is 1. The van der Waals surface area contributed by atoms with E-state index in [2.05, 4.69) is 5.32 Å². The number of carbonyl (C=O) groups excluding carboxylic acids is 1. The molecule has 2 N–H and O–H groups in total. The summed E-state index contributed by atoms with van der Waals surface area (Å²) in [5.74, 6) is -2.10. The van der Waals surface area contributed by atoms with E-state index in [1.54, 1.807) is 6.26 Å². The molecule has 1 amide bonds. The summed E-state index contributed by atoms with van der Waals surface area (Å²) in [5, 5.41) is 11.4. The second kappa shape index (κ2) is 7.86. The van der Waals surface area contributed by atoms with E-state index in [0.717, 1.165) is 0 Å². The van der Waals surface area contributed by atoms with Gasteiger partial charge in [-0.15, -0.1) is 11.8 Å². The first kappa shape index (κ1) is 16.5. The summed E-state index contributed by atoms with van der Waals surface area (Å²) in [4.78, 5) is 23.3. The number of methoxy groups -OCH3 is 1. The Morgan fingerprint density at radius 2 is 2.20 bits per heavy atom. The molecule has 20 heavy (non-hydrogen) atoms. The maximum Gasteiger partial charge on any atom is 0.326 e. The number of carboxylic acid groups (broad SMARTS) is 1. The third-order valence-corrected chi connectivity index (χ3v) is 3.38. The van der Waals surface area contributed by atoms with Gasteiger partial charge in [-0.05, 0) is 24.5 Å². The number of hydrogen-bond donors (Lipinski definition) is 2. The number of nitrogens with one attached hydrogen (secondary N) is 1. The molecule has 0 radical (unpaired) electrons. The van der Waals surface area contributed by atoms with E-state index in [1.165, 1.54) is 37.1 Å². The average molecular weight is 301 g/mol. The van der Waals surface area contributed by atoms with Gasteiger partial charge in [0.25, 0.3) is 5.91 Å². The predicted molar refractivity (Wildman–Crippen MR) is 73.6 cm³/mol. The Labute approximate surface area is 120 Å². The molecule has 0 aliphatic carbocycles. The van der Waals surface area contributed by atoms with Gasteiger partial charge in [-0.2, -0.15) is 0 Å². The van der Waals surface area contributed by atoms with E-state index < -0.39 is 23.7 Å². The quantitative estimate of drug-likeness (QED) is 0.751. The van der Waals surface area contributed by atoms with Crippen molar-refractivity contribution in [3.8, 4) is 0 Å². The summed E-state index contributed by atoms with van der Waals surface area (Å²) in [5.41, 5.74) is 0.222. The van der Waals surface area contributed by atoms with Crippen molar-refractivity contribution in [3.63, 3.8) is 0 Å². The van der Waals surface area contributed by atoms with Crippen LogP contribution in [0.2, 0.25) is 0 Å². The fourth-order valence-corrected chi connectivity index (χ4v) is 2.04. The second-order valence-corrected chi connectivity index (χ2v) is 4.84. The largest absolute Gasteiger partial charge is 0.480 e. The minimum absolute atomic E-state index is 0.161. The molecule has 0 aliphatic heterocycles. The monoisotopic (exact) mass is 301 g/mol. The van der Waals surface area contributed by atoms with Crippen LogP contribution in [0, 0.1) is 5.82 Å².